The Hall–Kier alpha value is -0.210. The highest BCUT2D eigenvalue weighted by Crippen LogP contribution is 2.07. The molecular formula is C9H22N2O4S. The third kappa shape index (κ3) is 8.00. The molecule has 98 valence electrons. The standard InChI is InChI=1S/C9H22N2O4S/c1-4-6-10-16(13,14)11-8-9(2,12)5-7-15-3/h10-12H,4-8H2,1-3H3. The highest BCUT2D eigenvalue weighted by molar-refractivity contribution is 7.87. The molecule has 0 saturated carbocycles. The number of ether oxygens (including phenoxy) is 1. The maximum Gasteiger partial charge on any atom is 0.277 e. The summed E-state index contributed by atoms with van der Waals surface area (Å²) in [5.41, 5.74) is -1.10. The van der Waals surface area contributed by atoms with Gasteiger partial charge in [-0.1, -0.05) is 6.92 Å². The number of aliphatic hydroxyl groups is 1. The van der Waals surface area contributed by atoms with Crippen molar-refractivity contribution in [1.82, 2.24) is 9.44 Å². The molecule has 1 atom stereocenters. The second-order valence-corrected chi connectivity index (χ2v) is 5.54. The van der Waals surface area contributed by atoms with Gasteiger partial charge < -0.3 is 9.84 Å². The quantitative estimate of drug-likeness (QED) is 0.523. The van der Waals surface area contributed by atoms with Crippen LogP contribution in [0, 0.1) is 0 Å². The number of nitrogens with one attached hydrogen (secondary N) is 2. The smallest absolute Gasteiger partial charge is 0.277 e. The molecule has 3 N–H and O–H groups in total. The maximum atomic E-state index is 11.3. The molecule has 7 heteroatoms. The molecule has 0 aliphatic heterocycles. The summed E-state index contributed by atoms with van der Waals surface area (Å²) < 4.78 is 32.2. The van der Waals surface area contributed by atoms with Crippen molar-refractivity contribution in [3.63, 3.8) is 0 Å². The van der Waals surface area contributed by atoms with Crippen LogP contribution in [0.15, 0.2) is 0 Å². The third-order valence-electron chi connectivity index (χ3n) is 2.03. The minimum Gasteiger partial charge on any atom is -0.389 e. The molecule has 0 radical (unpaired) electrons. The van der Waals surface area contributed by atoms with Gasteiger partial charge in [0.15, 0.2) is 0 Å². The van der Waals surface area contributed by atoms with Crippen molar-refractivity contribution in [2.75, 3.05) is 26.8 Å². The Labute approximate surface area is 97.6 Å². The minimum absolute atomic E-state index is 0.0323. The van der Waals surface area contributed by atoms with E-state index in [9.17, 15) is 13.5 Å². The van der Waals surface area contributed by atoms with E-state index in [1.807, 2.05) is 6.92 Å². The first-order valence-corrected chi connectivity index (χ1v) is 6.77. The van der Waals surface area contributed by atoms with Gasteiger partial charge in [0, 0.05) is 33.2 Å². The summed E-state index contributed by atoms with van der Waals surface area (Å²) in [6.45, 7) is 4.17. The summed E-state index contributed by atoms with van der Waals surface area (Å²) in [7, 11) is -1.97. The molecule has 6 nitrogen and oxygen atoms in total. The maximum absolute atomic E-state index is 11.3. The largest absolute Gasteiger partial charge is 0.389 e. The number of hydrogen-bond donors (Lipinski definition) is 3. The van der Waals surface area contributed by atoms with Gasteiger partial charge in [-0.2, -0.15) is 13.1 Å². The highest BCUT2D eigenvalue weighted by atomic mass is 32.2. The van der Waals surface area contributed by atoms with E-state index in [0.29, 0.717) is 19.6 Å². The summed E-state index contributed by atoms with van der Waals surface area (Å²) in [6.07, 6.45) is 1.10. The van der Waals surface area contributed by atoms with E-state index in [4.69, 9.17) is 4.74 Å². The normalized spacial score (nSPS) is 16.0. The molecule has 1 unspecified atom stereocenters. The summed E-state index contributed by atoms with van der Waals surface area (Å²) in [5.74, 6) is 0. The van der Waals surface area contributed by atoms with Crippen molar-refractivity contribution >= 4 is 10.2 Å². The third-order valence-corrected chi connectivity index (χ3v) is 3.14. The van der Waals surface area contributed by atoms with Crippen molar-refractivity contribution in [3.8, 4) is 0 Å². The lowest BCUT2D eigenvalue weighted by Gasteiger charge is -2.23. The molecule has 0 bridgehead atoms. The average Bonchev–Trinajstić information content (AvgIpc) is 2.22. The monoisotopic (exact) mass is 254 g/mol. The number of hydrogen-bond acceptors (Lipinski definition) is 4. The molecular weight excluding hydrogens is 232 g/mol. The van der Waals surface area contributed by atoms with E-state index < -0.39 is 15.8 Å². The molecule has 0 aromatic heterocycles. The van der Waals surface area contributed by atoms with Crippen molar-refractivity contribution in [1.29, 1.82) is 0 Å². The van der Waals surface area contributed by atoms with Crippen LogP contribution >= 0.6 is 0 Å². The van der Waals surface area contributed by atoms with Crippen LogP contribution < -0.4 is 9.44 Å². The molecule has 0 saturated heterocycles. The van der Waals surface area contributed by atoms with Gasteiger partial charge in [-0.3, -0.25) is 0 Å². The Morgan fingerprint density at radius 3 is 2.50 bits per heavy atom. The first-order valence-electron chi connectivity index (χ1n) is 5.28. The molecule has 0 heterocycles. The van der Waals surface area contributed by atoms with E-state index >= 15 is 0 Å². The van der Waals surface area contributed by atoms with E-state index in [-0.39, 0.29) is 6.54 Å². The minimum atomic E-state index is -3.50. The fourth-order valence-electron chi connectivity index (χ4n) is 0.948. The van der Waals surface area contributed by atoms with Crippen LogP contribution in [0.3, 0.4) is 0 Å². The van der Waals surface area contributed by atoms with Crippen molar-refractivity contribution in [2.24, 2.45) is 0 Å². The molecule has 0 aromatic rings. The molecule has 0 amide bonds. The van der Waals surface area contributed by atoms with Crippen molar-refractivity contribution in [3.05, 3.63) is 0 Å². The zero-order valence-electron chi connectivity index (χ0n) is 10.1. The molecule has 0 aliphatic rings. The predicted molar refractivity (Wildman–Crippen MR) is 62.3 cm³/mol. The Bertz CT molecular complexity index is 277. The predicted octanol–water partition coefficient (Wildman–Crippen LogP) is -0.392. The fraction of sp³-hybridized carbons (Fsp3) is 1.00. The molecule has 0 aromatic carbocycles. The Kier molecular flexibility index (Phi) is 7.09. The van der Waals surface area contributed by atoms with Gasteiger partial charge in [0.1, 0.15) is 0 Å². The number of rotatable bonds is 9. The molecule has 16 heavy (non-hydrogen) atoms. The van der Waals surface area contributed by atoms with Crippen LogP contribution in [0.2, 0.25) is 0 Å². The van der Waals surface area contributed by atoms with Crippen LogP contribution in [0.25, 0.3) is 0 Å². The van der Waals surface area contributed by atoms with E-state index in [2.05, 4.69) is 9.44 Å². The zero-order valence-corrected chi connectivity index (χ0v) is 10.9. The Morgan fingerprint density at radius 1 is 1.38 bits per heavy atom. The van der Waals surface area contributed by atoms with Crippen LogP contribution in [0.4, 0.5) is 0 Å². The first-order chi connectivity index (χ1) is 7.33. The fourth-order valence-corrected chi connectivity index (χ4v) is 2.02. The SMILES string of the molecule is CCCNS(=O)(=O)NCC(C)(O)CCOC. The lowest BCUT2D eigenvalue weighted by molar-refractivity contribution is 0.0291. The second kappa shape index (κ2) is 7.18. The van der Waals surface area contributed by atoms with Crippen molar-refractivity contribution < 1.29 is 18.3 Å². The lowest BCUT2D eigenvalue weighted by atomic mass is 10.0. The topological polar surface area (TPSA) is 87.7 Å². The zero-order chi connectivity index (χ0) is 12.7. The van der Waals surface area contributed by atoms with Crippen molar-refractivity contribution in [2.45, 2.75) is 32.3 Å². The van der Waals surface area contributed by atoms with Gasteiger partial charge in [-0.25, -0.2) is 4.72 Å². The summed E-state index contributed by atoms with van der Waals surface area (Å²) in [4.78, 5) is 0. The number of methoxy groups -OCH3 is 1. The van der Waals surface area contributed by atoms with Gasteiger partial charge in [0.05, 0.1) is 5.60 Å². The molecule has 0 rings (SSSR count). The van der Waals surface area contributed by atoms with Crippen LogP contribution in [0.1, 0.15) is 26.7 Å². The van der Waals surface area contributed by atoms with E-state index in [1.165, 1.54) is 7.11 Å². The van der Waals surface area contributed by atoms with Crippen LogP contribution in [0.5, 0.6) is 0 Å². The van der Waals surface area contributed by atoms with Gasteiger partial charge >= 0.3 is 0 Å². The highest BCUT2D eigenvalue weighted by Gasteiger charge is 2.22. The van der Waals surface area contributed by atoms with Gasteiger partial charge in [0.25, 0.3) is 10.2 Å². The van der Waals surface area contributed by atoms with Gasteiger partial charge in [-0.05, 0) is 13.3 Å². The van der Waals surface area contributed by atoms with E-state index in [1.54, 1.807) is 6.92 Å². The van der Waals surface area contributed by atoms with Gasteiger partial charge in [-0.15, -0.1) is 0 Å². The molecule has 0 aliphatic carbocycles. The summed E-state index contributed by atoms with van der Waals surface area (Å²) in [6, 6.07) is 0. The Morgan fingerprint density at radius 2 is 2.00 bits per heavy atom. The first kappa shape index (κ1) is 15.8. The van der Waals surface area contributed by atoms with Gasteiger partial charge in [0.2, 0.25) is 0 Å². The average molecular weight is 254 g/mol. The molecule has 0 spiro atoms. The molecule has 0 fully saturated rings. The Balaban J connectivity index is 4.02. The second-order valence-electron chi connectivity index (χ2n) is 3.96. The lowest BCUT2D eigenvalue weighted by Crippen LogP contribution is -2.45. The van der Waals surface area contributed by atoms with E-state index in [0.717, 1.165) is 6.42 Å². The van der Waals surface area contributed by atoms with Crippen LogP contribution in [-0.4, -0.2) is 45.9 Å². The summed E-state index contributed by atoms with van der Waals surface area (Å²) in [5, 5.41) is 9.80. The summed E-state index contributed by atoms with van der Waals surface area (Å²) >= 11 is 0. The van der Waals surface area contributed by atoms with Crippen LogP contribution in [-0.2, 0) is 14.9 Å².